The molecule has 0 radical (unpaired) electrons. The Balaban J connectivity index is 1.54. The first kappa shape index (κ1) is 25.2. The zero-order valence-electron chi connectivity index (χ0n) is 21.6. The molecule has 6 heteroatoms. The Morgan fingerprint density at radius 3 is 2.62 bits per heavy atom. The molecule has 1 aliphatic carbocycles. The molecule has 2 heterocycles. The summed E-state index contributed by atoms with van der Waals surface area (Å²) < 4.78 is 5.12. The van der Waals surface area contributed by atoms with Crippen LogP contribution in [0.3, 0.4) is 0 Å². The molecule has 0 aliphatic heterocycles. The van der Waals surface area contributed by atoms with E-state index in [0.29, 0.717) is 22.0 Å². The van der Waals surface area contributed by atoms with Gasteiger partial charge in [0.25, 0.3) is 5.91 Å². The maximum absolute atomic E-state index is 13.8. The summed E-state index contributed by atoms with van der Waals surface area (Å²) in [4.78, 5) is 32.6. The second-order valence-electron chi connectivity index (χ2n) is 9.69. The molecule has 1 N–H and O–H groups in total. The van der Waals surface area contributed by atoms with Gasteiger partial charge >= 0.3 is 5.97 Å². The van der Waals surface area contributed by atoms with Crippen molar-refractivity contribution in [1.29, 1.82) is 0 Å². The van der Waals surface area contributed by atoms with Gasteiger partial charge in [0, 0.05) is 15.8 Å². The van der Waals surface area contributed by atoms with Crippen LogP contribution in [0, 0.1) is 5.92 Å². The van der Waals surface area contributed by atoms with Crippen molar-refractivity contribution >= 4 is 39.1 Å². The topological polar surface area (TPSA) is 68.3 Å². The number of pyridine rings is 1. The van der Waals surface area contributed by atoms with E-state index in [1.807, 2.05) is 30.3 Å². The van der Waals surface area contributed by atoms with Crippen LogP contribution in [0.5, 0.6) is 0 Å². The second-order valence-corrected chi connectivity index (χ2v) is 10.8. The van der Waals surface area contributed by atoms with Crippen LogP contribution in [0.15, 0.2) is 54.6 Å². The molecule has 5 nitrogen and oxygen atoms in total. The molecule has 1 aliphatic rings. The van der Waals surface area contributed by atoms with E-state index in [9.17, 15) is 9.59 Å². The number of aromatic nitrogens is 1. The summed E-state index contributed by atoms with van der Waals surface area (Å²) in [5.41, 5.74) is 5.83. The molecule has 5 rings (SSSR count). The van der Waals surface area contributed by atoms with Gasteiger partial charge in [0.1, 0.15) is 5.00 Å². The lowest BCUT2D eigenvalue weighted by atomic mass is 9.85. The van der Waals surface area contributed by atoms with Gasteiger partial charge < -0.3 is 10.1 Å². The van der Waals surface area contributed by atoms with E-state index < -0.39 is 5.97 Å². The Morgan fingerprint density at radius 2 is 1.89 bits per heavy atom. The Labute approximate surface area is 221 Å². The number of nitrogens with one attached hydrogen (secondary N) is 1. The number of amides is 1. The second kappa shape index (κ2) is 10.9. The Morgan fingerprint density at radius 1 is 1.11 bits per heavy atom. The van der Waals surface area contributed by atoms with Crippen molar-refractivity contribution in [3.63, 3.8) is 0 Å². The molecule has 0 spiro atoms. The molecule has 37 heavy (non-hydrogen) atoms. The van der Waals surface area contributed by atoms with Crippen LogP contribution in [-0.2, 0) is 24.0 Å². The lowest BCUT2D eigenvalue weighted by Crippen LogP contribution is -2.17. The highest BCUT2D eigenvalue weighted by Gasteiger charge is 2.30. The fourth-order valence-electron chi connectivity index (χ4n) is 5.22. The van der Waals surface area contributed by atoms with Gasteiger partial charge in [-0.2, -0.15) is 0 Å². The SMILES string of the molecule is CCCc1ccc(-c2cc(C(=O)Nc3sc4c(c3C(=O)OC)CCC(CC)C4)c3ccccc3n2)cc1. The van der Waals surface area contributed by atoms with Crippen LogP contribution in [0.25, 0.3) is 22.2 Å². The van der Waals surface area contributed by atoms with Crippen LogP contribution in [0.2, 0.25) is 0 Å². The molecule has 190 valence electrons. The minimum absolute atomic E-state index is 0.252. The summed E-state index contributed by atoms with van der Waals surface area (Å²) in [5, 5.41) is 4.43. The van der Waals surface area contributed by atoms with Crippen LogP contribution < -0.4 is 5.32 Å². The summed E-state index contributed by atoms with van der Waals surface area (Å²) in [7, 11) is 1.39. The molecule has 0 saturated carbocycles. The molecular formula is C31H32N2O3S. The van der Waals surface area contributed by atoms with E-state index in [1.54, 1.807) is 0 Å². The first-order valence-corrected chi connectivity index (χ1v) is 13.9. The first-order chi connectivity index (χ1) is 18.0. The number of fused-ring (bicyclic) bond motifs is 2. The number of ether oxygens (including phenoxy) is 1. The smallest absolute Gasteiger partial charge is 0.341 e. The van der Waals surface area contributed by atoms with Crippen molar-refractivity contribution in [2.75, 3.05) is 12.4 Å². The normalized spacial score (nSPS) is 14.8. The van der Waals surface area contributed by atoms with Gasteiger partial charge in [-0.1, -0.05) is 69.2 Å². The highest BCUT2D eigenvalue weighted by molar-refractivity contribution is 7.17. The highest BCUT2D eigenvalue weighted by atomic mass is 32.1. The van der Waals surface area contributed by atoms with E-state index in [2.05, 4.69) is 43.4 Å². The summed E-state index contributed by atoms with van der Waals surface area (Å²) in [6.07, 6.45) is 6.06. The number of aryl methyl sites for hydroxylation is 1. The van der Waals surface area contributed by atoms with E-state index in [4.69, 9.17) is 9.72 Å². The Bertz CT molecular complexity index is 1460. The molecule has 4 aromatic rings. The molecule has 2 aromatic heterocycles. The van der Waals surface area contributed by atoms with E-state index in [-0.39, 0.29) is 5.91 Å². The Kier molecular flexibility index (Phi) is 7.38. The fourth-order valence-corrected chi connectivity index (χ4v) is 6.57. The maximum atomic E-state index is 13.8. The Hall–Kier alpha value is -3.51. The monoisotopic (exact) mass is 512 g/mol. The largest absolute Gasteiger partial charge is 0.465 e. The third-order valence-electron chi connectivity index (χ3n) is 7.31. The first-order valence-electron chi connectivity index (χ1n) is 13.1. The summed E-state index contributed by atoms with van der Waals surface area (Å²) >= 11 is 1.51. The predicted octanol–water partition coefficient (Wildman–Crippen LogP) is 7.47. The third kappa shape index (κ3) is 5.03. The van der Waals surface area contributed by atoms with Crippen molar-refractivity contribution < 1.29 is 14.3 Å². The molecule has 0 fully saturated rings. The summed E-state index contributed by atoms with van der Waals surface area (Å²) in [5.74, 6) is -0.0379. The average molecular weight is 513 g/mol. The van der Waals surface area contributed by atoms with Gasteiger partial charge in [-0.15, -0.1) is 11.3 Å². The van der Waals surface area contributed by atoms with Crippen LogP contribution in [-0.4, -0.2) is 24.0 Å². The van der Waals surface area contributed by atoms with E-state index in [1.165, 1.54) is 28.9 Å². The highest BCUT2D eigenvalue weighted by Crippen LogP contribution is 2.41. The number of rotatable bonds is 7. The fraction of sp³-hybridized carbons (Fsp3) is 0.323. The van der Waals surface area contributed by atoms with Gasteiger partial charge in [0.15, 0.2) is 0 Å². The molecule has 1 atom stereocenters. The lowest BCUT2D eigenvalue weighted by Gasteiger charge is -2.20. The van der Waals surface area contributed by atoms with E-state index >= 15 is 0 Å². The van der Waals surface area contributed by atoms with Gasteiger partial charge in [0.2, 0.25) is 0 Å². The number of hydrogen-bond donors (Lipinski definition) is 1. The number of nitrogens with zero attached hydrogens (tertiary/aromatic N) is 1. The maximum Gasteiger partial charge on any atom is 0.341 e. The van der Waals surface area contributed by atoms with Gasteiger partial charge in [0.05, 0.1) is 29.4 Å². The number of hydrogen-bond acceptors (Lipinski definition) is 5. The molecule has 0 saturated heterocycles. The quantitative estimate of drug-likeness (QED) is 0.261. The van der Waals surface area contributed by atoms with Crippen molar-refractivity contribution in [2.45, 2.75) is 52.4 Å². The van der Waals surface area contributed by atoms with Crippen molar-refractivity contribution in [2.24, 2.45) is 5.92 Å². The molecule has 1 unspecified atom stereocenters. The molecule has 1 amide bonds. The number of benzene rings is 2. The molecule has 2 aromatic carbocycles. The standard InChI is InChI=1S/C31H32N2O3S/c1-4-8-20-11-14-21(15-12-20)26-18-24(22-9-6-7-10-25(22)32-26)29(34)33-30-28(31(35)36-3)23-16-13-19(5-2)17-27(23)37-30/h6-7,9-12,14-15,18-19H,4-5,8,13,16-17H2,1-3H3,(H,33,34). The molecule has 0 bridgehead atoms. The number of carbonyl (C=O) groups is 2. The minimum Gasteiger partial charge on any atom is -0.465 e. The number of thiophene rings is 1. The average Bonchev–Trinajstić information content (AvgIpc) is 3.29. The summed E-state index contributed by atoms with van der Waals surface area (Å²) in [6.45, 7) is 4.37. The summed E-state index contributed by atoms with van der Waals surface area (Å²) in [6, 6.07) is 17.9. The number of esters is 1. The van der Waals surface area contributed by atoms with Gasteiger partial charge in [-0.25, -0.2) is 9.78 Å². The van der Waals surface area contributed by atoms with Crippen molar-refractivity contribution in [1.82, 2.24) is 4.98 Å². The van der Waals surface area contributed by atoms with E-state index in [0.717, 1.165) is 66.2 Å². The number of para-hydroxylation sites is 1. The van der Waals surface area contributed by atoms with Gasteiger partial charge in [-0.3, -0.25) is 4.79 Å². The van der Waals surface area contributed by atoms with Crippen molar-refractivity contribution in [3.8, 4) is 11.3 Å². The minimum atomic E-state index is -0.393. The van der Waals surface area contributed by atoms with Crippen molar-refractivity contribution in [3.05, 3.63) is 81.7 Å². The van der Waals surface area contributed by atoms with Crippen LogP contribution in [0.1, 0.15) is 69.8 Å². The number of methoxy groups -OCH3 is 1. The van der Waals surface area contributed by atoms with Crippen LogP contribution in [0.4, 0.5) is 5.00 Å². The third-order valence-corrected chi connectivity index (χ3v) is 8.48. The molecular weight excluding hydrogens is 480 g/mol. The predicted molar refractivity (Wildman–Crippen MR) is 151 cm³/mol. The number of anilines is 1. The number of carbonyl (C=O) groups excluding carboxylic acids is 2. The van der Waals surface area contributed by atoms with Gasteiger partial charge in [-0.05, 0) is 54.9 Å². The zero-order chi connectivity index (χ0) is 25.9. The zero-order valence-corrected chi connectivity index (χ0v) is 22.4. The van der Waals surface area contributed by atoms with Crippen LogP contribution >= 0.6 is 11.3 Å². The lowest BCUT2D eigenvalue weighted by molar-refractivity contribution is 0.0600.